The Morgan fingerprint density at radius 2 is 2.21 bits per heavy atom. The van der Waals surface area contributed by atoms with E-state index in [0.29, 0.717) is 13.1 Å². The summed E-state index contributed by atoms with van der Waals surface area (Å²) in [5.41, 5.74) is -0.445. The highest BCUT2D eigenvalue weighted by atomic mass is 16.6. The SMILES string of the molecule is CCCCN(CC)c1ncc(C(=O)O)cc1[N+](=O)[O-]. The number of anilines is 1. The van der Waals surface area contributed by atoms with Crippen LogP contribution in [-0.4, -0.2) is 34.1 Å². The fraction of sp³-hybridized carbons (Fsp3) is 0.500. The van der Waals surface area contributed by atoms with Crippen molar-refractivity contribution in [1.29, 1.82) is 0 Å². The first-order chi connectivity index (χ1) is 9.01. The highest BCUT2D eigenvalue weighted by Crippen LogP contribution is 2.26. The summed E-state index contributed by atoms with van der Waals surface area (Å²) in [7, 11) is 0. The Hall–Kier alpha value is -2.18. The predicted octanol–water partition coefficient (Wildman–Crippen LogP) is 2.31. The van der Waals surface area contributed by atoms with Crippen LogP contribution < -0.4 is 4.90 Å². The van der Waals surface area contributed by atoms with Gasteiger partial charge in [0.15, 0.2) is 0 Å². The Morgan fingerprint density at radius 1 is 1.53 bits per heavy atom. The molecular formula is C12H17N3O4. The Kier molecular flexibility index (Phi) is 5.23. The number of hydrogen-bond donors (Lipinski definition) is 1. The van der Waals surface area contributed by atoms with Crippen LogP contribution in [0.2, 0.25) is 0 Å². The first kappa shape index (κ1) is 14.9. The van der Waals surface area contributed by atoms with Crippen molar-refractivity contribution >= 4 is 17.5 Å². The minimum atomic E-state index is -1.22. The lowest BCUT2D eigenvalue weighted by Gasteiger charge is -2.21. The number of carbonyl (C=O) groups is 1. The van der Waals surface area contributed by atoms with E-state index in [-0.39, 0.29) is 17.1 Å². The van der Waals surface area contributed by atoms with E-state index in [4.69, 9.17) is 5.11 Å². The molecular weight excluding hydrogens is 250 g/mol. The molecule has 0 unspecified atom stereocenters. The van der Waals surface area contributed by atoms with Crippen molar-refractivity contribution in [2.75, 3.05) is 18.0 Å². The van der Waals surface area contributed by atoms with Crippen LogP contribution in [0.5, 0.6) is 0 Å². The van der Waals surface area contributed by atoms with Crippen molar-refractivity contribution in [3.63, 3.8) is 0 Å². The van der Waals surface area contributed by atoms with E-state index >= 15 is 0 Å². The molecule has 0 aromatic carbocycles. The second-order valence-corrected chi connectivity index (χ2v) is 4.06. The Balaban J connectivity index is 3.17. The fourth-order valence-electron chi connectivity index (χ4n) is 1.70. The number of hydrogen-bond acceptors (Lipinski definition) is 5. The van der Waals surface area contributed by atoms with Crippen molar-refractivity contribution < 1.29 is 14.8 Å². The summed E-state index contributed by atoms with van der Waals surface area (Å²) in [6.07, 6.45) is 3.02. The van der Waals surface area contributed by atoms with Gasteiger partial charge in [0.1, 0.15) is 0 Å². The van der Waals surface area contributed by atoms with Gasteiger partial charge in [-0.25, -0.2) is 9.78 Å². The lowest BCUT2D eigenvalue weighted by molar-refractivity contribution is -0.384. The molecule has 1 heterocycles. The summed E-state index contributed by atoms with van der Waals surface area (Å²) < 4.78 is 0. The molecule has 0 amide bonds. The number of aromatic nitrogens is 1. The number of carboxylic acid groups (broad SMARTS) is 1. The zero-order valence-electron chi connectivity index (χ0n) is 11.0. The summed E-state index contributed by atoms with van der Waals surface area (Å²) in [5, 5.41) is 19.9. The third-order valence-electron chi connectivity index (χ3n) is 2.75. The summed E-state index contributed by atoms with van der Waals surface area (Å²) in [4.78, 5) is 27.0. The number of pyridine rings is 1. The molecule has 1 rings (SSSR count). The number of aromatic carboxylic acids is 1. The molecule has 0 radical (unpaired) electrons. The quantitative estimate of drug-likeness (QED) is 0.601. The lowest BCUT2D eigenvalue weighted by Crippen LogP contribution is -2.26. The topological polar surface area (TPSA) is 96.6 Å². The highest BCUT2D eigenvalue weighted by molar-refractivity contribution is 5.88. The maximum atomic E-state index is 11.0. The van der Waals surface area contributed by atoms with Crippen LogP contribution in [0, 0.1) is 10.1 Å². The normalized spacial score (nSPS) is 10.2. The highest BCUT2D eigenvalue weighted by Gasteiger charge is 2.22. The number of unbranched alkanes of at least 4 members (excludes halogenated alkanes) is 1. The average molecular weight is 267 g/mol. The molecule has 7 nitrogen and oxygen atoms in total. The smallest absolute Gasteiger partial charge is 0.337 e. The van der Waals surface area contributed by atoms with Crippen molar-refractivity contribution in [2.45, 2.75) is 26.7 Å². The van der Waals surface area contributed by atoms with E-state index in [1.54, 1.807) is 4.90 Å². The molecule has 0 fully saturated rings. The van der Waals surface area contributed by atoms with Gasteiger partial charge in [0.05, 0.1) is 10.5 Å². The molecule has 0 saturated carbocycles. The molecule has 0 bridgehead atoms. The summed E-state index contributed by atoms with van der Waals surface area (Å²) in [5.74, 6) is -0.996. The van der Waals surface area contributed by atoms with Crippen molar-refractivity contribution in [1.82, 2.24) is 4.98 Å². The Labute approximate surface area is 111 Å². The van der Waals surface area contributed by atoms with E-state index in [2.05, 4.69) is 4.98 Å². The Morgan fingerprint density at radius 3 is 2.68 bits per heavy atom. The molecule has 0 aliphatic rings. The van der Waals surface area contributed by atoms with Crippen molar-refractivity contribution in [2.24, 2.45) is 0 Å². The minimum absolute atomic E-state index is 0.179. The van der Waals surface area contributed by atoms with E-state index in [9.17, 15) is 14.9 Å². The van der Waals surface area contributed by atoms with E-state index in [1.807, 2.05) is 13.8 Å². The first-order valence-corrected chi connectivity index (χ1v) is 6.13. The summed E-state index contributed by atoms with van der Waals surface area (Å²) >= 11 is 0. The van der Waals surface area contributed by atoms with Crippen LogP contribution in [-0.2, 0) is 0 Å². The van der Waals surface area contributed by atoms with Crippen molar-refractivity contribution in [3.8, 4) is 0 Å². The van der Waals surface area contributed by atoms with Crippen LogP contribution in [0.1, 0.15) is 37.0 Å². The van der Waals surface area contributed by atoms with Gasteiger partial charge in [0.25, 0.3) is 0 Å². The monoisotopic (exact) mass is 267 g/mol. The zero-order chi connectivity index (χ0) is 14.4. The number of nitrogens with zero attached hydrogens (tertiary/aromatic N) is 3. The van der Waals surface area contributed by atoms with Gasteiger partial charge in [-0.3, -0.25) is 10.1 Å². The van der Waals surface area contributed by atoms with Gasteiger partial charge >= 0.3 is 11.7 Å². The zero-order valence-corrected chi connectivity index (χ0v) is 11.0. The second kappa shape index (κ2) is 6.67. The molecule has 0 saturated heterocycles. The largest absolute Gasteiger partial charge is 0.478 e. The van der Waals surface area contributed by atoms with Crippen LogP contribution in [0.4, 0.5) is 11.5 Å². The molecule has 0 aliphatic carbocycles. The van der Waals surface area contributed by atoms with Gasteiger partial charge in [-0.15, -0.1) is 0 Å². The van der Waals surface area contributed by atoms with E-state index in [1.165, 1.54) is 0 Å². The second-order valence-electron chi connectivity index (χ2n) is 4.06. The Bertz CT molecular complexity index is 476. The fourth-order valence-corrected chi connectivity index (χ4v) is 1.70. The van der Waals surface area contributed by atoms with Crippen molar-refractivity contribution in [3.05, 3.63) is 27.9 Å². The molecule has 1 N–H and O–H groups in total. The van der Waals surface area contributed by atoms with E-state index < -0.39 is 10.9 Å². The number of carboxylic acids is 1. The molecule has 0 spiro atoms. The summed E-state index contributed by atoms with van der Waals surface area (Å²) in [6.45, 7) is 5.16. The van der Waals surface area contributed by atoms with Gasteiger partial charge in [-0.1, -0.05) is 13.3 Å². The molecule has 0 atom stereocenters. The number of rotatable bonds is 7. The van der Waals surface area contributed by atoms with Gasteiger partial charge in [-0.2, -0.15) is 0 Å². The summed E-state index contributed by atoms with van der Waals surface area (Å²) in [6, 6.07) is 1.05. The molecule has 0 aliphatic heterocycles. The molecule has 1 aromatic rings. The lowest BCUT2D eigenvalue weighted by atomic mass is 10.2. The maximum Gasteiger partial charge on any atom is 0.337 e. The maximum absolute atomic E-state index is 11.0. The van der Waals surface area contributed by atoms with Gasteiger partial charge < -0.3 is 10.0 Å². The average Bonchev–Trinajstić information content (AvgIpc) is 2.39. The third-order valence-corrected chi connectivity index (χ3v) is 2.75. The van der Waals surface area contributed by atoms with Gasteiger partial charge in [0, 0.05) is 25.4 Å². The molecule has 7 heteroatoms. The molecule has 104 valence electrons. The minimum Gasteiger partial charge on any atom is -0.478 e. The third kappa shape index (κ3) is 3.64. The molecule has 1 aromatic heterocycles. The molecule has 19 heavy (non-hydrogen) atoms. The van der Waals surface area contributed by atoms with Gasteiger partial charge in [-0.05, 0) is 13.3 Å². The number of nitro groups is 1. The van der Waals surface area contributed by atoms with Crippen LogP contribution >= 0.6 is 0 Å². The van der Waals surface area contributed by atoms with Crippen LogP contribution in [0.25, 0.3) is 0 Å². The van der Waals surface area contributed by atoms with Crippen LogP contribution in [0.3, 0.4) is 0 Å². The van der Waals surface area contributed by atoms with E-state index in [0.717, 1.165) is 25.1 Å². The first-order valence-electron chi connectivity index (χ1n) is 6.13. The van der Waals surface area contributed by atoms with Crippen LogP contribution in [0.15, 0.2) is 12.3 Å². The predicted molar refractivity (Wildman–Crippen MR) is 70.6 cm³/mol. The standard InChI is InChI=1S/C12H17N3O4/c1-3-5-6-14(4-2)11-10(15(18)19)7-9(8-13-11)12(16)17/h7-8H,3-6H2,1-2H3,(H,16,17). The van der Waals surface area contributed by atoms with Gasteiger partial charge in [0.2, 0.25) is 5.82 Å².